The van der Waals surface area contributed by atoms with E-state index in [-0.39, 0.29) is 12.0 Å². The molecule has 0 aliphatic heterocycles. The van der Waals surface area contributed by atoms with Gasteiger partial charge in [-0.2, -0.15) is 17.6 Å². The number of halogens is 4. The number of hydrogen-bond acceptors (Lipinski definition) is 5. The van der Waals surface area contributed by atoms with E-state index in [9.17, 15) is 27.7 Å². The van der Waals surface area contributed by atoms with Crippen molar-refractivity contribution in [1.29, 1.82) is 5.41 Å². The molecule has 1 aromatic heterocycles. The van der Waals surface area contributed by atoms with E-state index in [2.05, 4.69) is 5.10 Å². The van der Waals surface area contributed by atoms with Gasteiger partial charge in [0.1, 0.15) is 6.20 Å². The topological polar surface area (TPSA) is 111 Å². The smallest absolute Gasteiger partial charge is 0.394 e. The zero-order valence-electron chi connectivity index (χ0n) is 11.4. The second kappa shape index (κ2) is 6.54. The van der Waals surface area contributed by atoms with Gasteiger partial charge >= 0.3 is 17.8 Å². The summed E-state index contributed by atoms with van der Waals surface area (Å²) >= 11 is 0. The quantitative estimate of drug-likeness (QED) is 0.363. The van der Waals surface area contributed by atoms with Crippen molar-refractivity contribution in [2.75, 3.05) is 0 Å². The summed E-state index contributed by atoms with van der Waals surface area (Å²) in [6, 6.07) is -1.01. The van der Waals surface area contributed by atoms with Gasteiger partial charge in [0.05, 0.1) is 17.4 Å². The van der Waals surface area contributed by atoms with Gasteiger partial charge in [-0.3, -0.25) is 14.8 Å². The number of nitro groups is 1. The van der Waals surface area contributed by atoms with Crippen molar-refractivity contribution in [3.63, 3.8) is 0 Å². The number of nitrogens with one attached hydrogen (secondary N) is 1. The Bertz CT molecular complexity index is 608. The molecule has 0 saturated heterocycles. The van der Waals surface area contributed by atoms with Gasteiger partial charge in [-0.1, -0.05) is 6.92 Å². The maximum Gasteiger partial charge on any atom is 0.394 e. The number of nitrogens with zero attached hydrogens (tertiary/aromatic N) is 3. The number of hydrogen-bond donors (Lipinski definition) is 2. The van der Waals surface area contributed by atoms with Crippen molar-refractivity contribution in [3.8, 4) is 0 Å². The summed E-state index contributed by atoms with van der Waals surface area (Å²) in [6.07, 6.45) is -4.53. The highest BCUT2D eigenvalue weighted by Crippen LogP contribution is 2.29. The number of rotatable bonds is 6. The first-order valence-corrected chi connectivity index (χ1v) is 6.05. The van der Waals surface area contributed by atoms with Gasteiger partial charge in [0.25, 0.3) is 0 Å². The van der Waals surface area contributed by atoms with Gasteiger partial charge in [0, 0.05) is 17.5 Å². The molecule has 0 spiro atoms. The van der Waals surface area contributed by atoms with E-state index >= 15 is 0 Å². The van der Waals surface area contributed by atoms with Crippen LogP contribution in [-0.2, 0) is 0 Å². The Kier molecular flexibility index (Phi) is 5.23. The van der Waals surface area contributed by atoms with Crippen LogP contribution in [0.15, 0.2) is 17.5 Å². The molecular weight excluding hydrogens is 310 g/mol. The molecule has 0 amide bonds. The van der Waals surface area contributed by atoms with Gasteiger partial charge < -0.3 is 11.1 Å². The predicted octanol–water partition coefficient (Wildman–Crippen LogP) is 2.70. The van der Waals surface area contributed by atoms with Crippen LogP contribution < -0.4 is 5.73 Å². The minimum absolute atomic E-state index is 0.113. The average molecular weight is 323 g/mol. The molecule has 0 aliphatic carbocycles. The Labute approximate surface area is 122 Å². The van der Waals surface area contributed by atoms with Crippen LogP contribution in [0, 0.1) is 21.5 Å². The fraction of sp³-hybridized carbons (Fsp3) is 0.455. The molecule has 1 rings (SSSR count). The fourth-order valence-corrected chi connectivity index (χ4v) is 1.91. The van der Waals surface area contributed by atoms with Crippen molar-refractivity contribution in [2.45, 2.75) is 32.0 Å². The molecule has 122 valence electrons. The van der Waals surface area contributed by atoms with Gasteiger partial charge in [-0.05, 0) is 6.42 Å². The molecule has 0 saturated carbocycles. The fourth-order valence-electron chi connectivity index (χ4n) is 1.91. The van der Waals surface area contributed by atoms with Gasteiger partial charge in [0.15, 0.2) is 0 Å². The van der Waals surface area contributed by atoms with Crippen LogP contribution in [0.4, 0.5) is 23.2 Å². The summed E-state index contributed by atoms with van der Waals surface area (Å²) in [5, 5.41) is 21.1. The highest BCUT2D eigenvalue weighted by atomic mass is 19.4. The summed E-state index contributed by atoms with van der Waals surface area (Å²) in [6.45, 7) is 1.54. The van der Waals surface area contributed by atoms with Gasteiger partial charge in [-0.25, -0.2) is 0 Å². The Balaban J connectivity index is 3.28. The molecule has 0 radical (unpaired) electrons. The van der Waals surface area contributed by atoms with E-state index in [0.717, 1.165) is 10.9 Å². The lowest BCUT2D eigenvalue weighted by molar-refractivity contribution is -0.387. The molecule has 1 aromatic rings. The molecular formula is C11H13F4N5O2. The first-order valence-electron chi connectivity index (χ1n) is 6.05. The molecule has 1 heterocycles. The average Bonchev–Trinajstić information content (AvgIpc) is 2.75. The van der Waals surface area contributed by atoms with Crippen LogP contribution in [0.3, 0.4) is 0 Å². The molecule has 0 aromatic carbocycles. The second-order valence-electron chi connectivity index (χ2n) is 4.38. The highest BCUT2D eigenvalue weighted by molar-refractivity contribution is 5.78. The first-order chi connectivity index (χ1) is 10.1. The van der Waals surface area contributed by atoms with E-state index < -0.39 is 40.9 Å². The maximum atomic E-state index is 13.3. The molecule has 7 nitrogen and oxygen atoms in total. The molecule has 0 aliphatic rings. The Morgan fingerprint density at radius 3 is 2.59 bits per heavy atom. The van der Waals surface area contributed by atoms with Crippen LogP contribution in [-0.4, -0.2) is 27.1 Å². The number of allylic oxidation sites excluding steroid dienone is 2. The maximum absolute atomic E-state index is 13.3. The predicted molar refractivity (Wildman–Crippen MR) is 68.8 cm³/mol. The highest BCUT2D eigenvalue weighted by Gasteiger charge is 2.31. The Hall–Kier alpha value is -2.46. The van der Waals surface area contributed by atoms with Gasteiger partial charge in [-0.15, -0.1) is 5.10 Å². The SMILES string of the molecule is CCC(/C(C=N)=C(/N)CC(F)(F)F)n1cc([N+](=O)[O-])c(F)n1. The lowest BCUT2D eigenvalue weighted by Crippen LogP contribution is -2.21. The van der Waals surface area contributed by atoms with Crippen molar-refractivity contribution in [3.05, 3.63) is 33.5 Å². The van der Waals surface area contributed by atoms with Crippen molar-refractivity contribution >= 4 is 11.9 Å². The van der Waals surface area contributed by atoms with Crippen molar-refractivity contribution < 1.29 is 22.5 Å². The summed E-state index contributed by atoms with van der Waals surface area (Å²) in [5.41, 5.74) is 3.62. The molecule has 0 bridgehead atoms. The Morgan fingerprint density at radius 2 is 2.23 bits per heavy atom. The standard InChI is InChI=1S/C11H13F4N5O2/c1-2-8(6(4-16)7(17)3-11(13,14)15)19-5-9(20(21)22)10(12)18-19/h4-5,8,16H,2-3,17H2,1H3/b7-6+,16-4?. The second-order valence-corrected chi connectivity index (χ2v) is 4.38. The van der Waals surface area contributed by atoms with Crippen molar-refractivity contribution in [2.24, 2.45) is 5.73 Å². The number of aromatic nitrogens is 2. The zero-order valence-corrected chi connectivity index (χ0v) is 11.4. The number of nitrogens with two attached hydrogens (primary N) is 1. The van der Waals surface area contributed by atoms with Crippen LogP contribution in [0.5, 0.6) is 0 Å². The summed E-state index contributed by atoms with van der Waals surface area (Å²) in [5.74, 6) is -1.36. The van der Waals surface area contributed by atoms with Crippen LogP contribution in [0.1, 0.15) is 25.8 Å². The monoisotopic (exact) mass is 323 g/mol. The minimum atomic E-state index is -4.57. The van der Waals surface area contributed by atoms with Gasteiger partial charge in [0.2, 0.25) is 0 Å². The summed E-state index contributed by atoms with van der Waals surface area (Å²) in [7, 11) is 0. The minimum Gasteiger partial charge on any atom is -0.401 e. The number of alkyl halides is 3. The summed E-state index contributed by atoms with van der Waals surface area (Å²) < 4.78 is 51.3. The molecule has 22 heavy (non-hydrogen) atoms. The molecule has 0 fully saturated rings. The van der Waals surface area contributed by atoms with E-state index in [1.54, 1.807) is 6.92 Å². The van der Waals surface area contributed by atoms with E-state index in [1.165, 1.54) is 0 Å². The zero-order chi connectivity index (χ0) is 17.1. The third kappa shape index (κ3) is 4.02. The Morgan fingerprint density at radius 1 is 1.64 bits per heavy atom. The normalized spacial score (nSPS) is 14.4. The lowest BCUT2D eigenvalue weighted by Gasteiger charge is -2.19. The van der Waals surface area contributed by atoms with Crippen LogP contribution in [0.2, 0.25) is 0 Å². The van der Waals surface area contributed by atoms with Crippen molar-refractivity contribution in [1.82, 2.24) is 9.78 Å². The van der Waals surface area contributed by atoms with E-state index in [4.69, 9.17) is 11.1 Å². The molecule has 3 N–H and O–H groups in total. The largest absolute Gasteiger partial charge is 0.401 e. The van der Waals surface area contributed by atoms with E-state index in [0.29, 0.717) is 6.21 Å². The van der Waals surface area contributed by atoms with Crippen LogP contribution >= 0.6 is 0 Å². The third-order valence-corrected chi connectivity index (χ3v) is 2.85. The first kappa shape index (κ1) is 17.6. The van der Waals surface area contributed by atoms with Crippen LogP contribution in [0.25, 0.3) is 0 Å². The third-order valence-electron chi connectivity index (χ3n) is 2.85. The van der Waals surface area contributed by atoms with E-state index in [1.807, 2.05) is 0 Å². The lowest BCUT2D eigenvalue weighted by atomic mass is 10.0. The molecule has 11 heteroatoms. The summed E-state index contributed by atoms with van der Waals surface area (Å²) in [4.78, 5) is 9.59. The molecule has 1 atom stereocenters. The molecule has 1 unspecified atom stereocenters.